The van der Waals surface area contributed by atoms with Gasteiger partial charge < -0.3 is 5.32 Å². The van der Waals surface area contributed by atoms with Crippen LogP contribution in [0.1, 0.15) is 42.1 Å². The van der Waals surface area contributed by atoms with Crippen LogP contribution in [-0.2, 0) is 15.8 Å². The first kappa shape index (κ1) is 16.0. The highest BCUT2D eigenvalue weighted by molar-refractivity contribution is 7.88. The van der Waals surface area contributed by atoms with Crippen molar-refractivity contribution < 1.29 is 13.2 Å². The molecular weight excluding hydrogens is 288 g/mol. The molecule has 0 aliphatic carbocycles. The zero-order chi connectivity index (χ0) is 15.3. The lowest BCUT2D eigenvalue weighted by Gasteiger charge is -2.15. The fraction of sp³-hybridized carbons (Fsp3) is 0.533. The van der Waals surface area contributed by atoms with Gasteiger partial charge in [0, 0.05) is 25.2 Å². The highest BCUT2D eigenvalue weighted by atomic mass is 32.2. The summed E-state index contributed by atoms with van der Waals surface area (Å²) in [6, 6.07) is 6.79. The van der Waals surface area contributed by atoms with Crippen molar-refractivity contribution in [1.29, 1.82) is 0 Å². The number of hydrogen-bond acceptors (Lipinski definition) is 3. The fourth-order valence-corrected chi connectivity index (χ4v) is 3.97. The van der Waals surface area contributed by atoms with Crippen molar-refractivity contribution in [1.82, 2.24) is 9.62 Å². The van der Waals surface area contributed by atoms with E-state index in [0.717, 1.165) is 19.3 Å². The van der Waals surface area contributed by atoms with E-state index in [4.69, 9.17) is 0 Å². The maximum absolute atomic E-state index is 12.2. The molecule has 116 valence electrons. The van der Waals surface area contributed by atoms with Gasteiger partial charge in [0.05, 0.1) is 5.75 Å². The number of carbonyl (C=O) groups excluding carboxylic acids is 1. The third-order valence-corrected chi connectivity index (χ3v) is 5.41. The summed E-state index contributed by atoms with van der Waals surface area (Å²) >= 11 is 0. The first-order valence-corrected chi connectivity index (χ1v) is 8.99. The van der Waals surface area contributed by atoms with Crippen LogP contribution in [0.15, 0.2) is 24.3 Å². The van der Waals surface area contributed by atoms with Crippen molar-refractivity contribution in [3.05, 3.63) is 35.4 Å². The molecule has 1 aliphatic rings. The van der Waals surface area contributed by atoms with Crippen LogP contribution in [0, 0.1) is 0 Å². The van der Waals surface area contributed by atoms with Crippen LogP contribution in [-0.4, -0.2) is 38.3 Å². The molecule has 1 aromatic carbocycles. The first-order valence-electron chi connectivity index (χ1n) is 7.38. The SMILES string of the molecule is CCCNC(=O)c1ccc(CS(=O)(=O)N2CCCC2)cc1. The molecule has 1 amide bonds. The number of sulfonamides is 1. The number of hydrogen-bond donors (Lipinski definition) is 1. The van der Waals surface area contributed by atoms with Gasteiger partial charge in [0.1, 0.15) is 0 Å². The van der Waals surface area contributed by atoms with E-state index in [2.05, 4.69) is 5.32 Å². The molecule has 0 aromatic heterocycles. The van der Waals surface area contributed by atoms with E-state index in [9.17, 15) is 13.2 Å². The highest BCUT2D eigenvalue weighted by Crippen LogP contribution is 2.17. The van der Waals surface area contributed by atoms with Crippen molar-refractivity contribution >= 4 is 15.9 Å². The van der Waals surface area contributed by atoms with E-state index in [1.165, 1.54) is 0 Å². The number of amides is 1. The van der Waals surface area contributed by atoms with Crippen LogP contribution in [0.2, 0.25) is 0 Å². The van der Waals surface area contributed by atoms with Crippen molar-refractivity contribution in [3.63, 3.8) is 0 Å². The molecule has 1 aliphatic heterocycles. The van der Waals surface area contributed by atoms with E-state index in [1.807, 2.05) is 6.92 Å². The maximum atomic E-state index is 12.2. The number of benzene rings is 1. The Hall–Kier alpha value is -1.40. The van der Waals surface area contributed by atoms with E-state index < -0.39 is 10.0 Å². The molecule has 1 heterocycles. The monoisotopic (exact) mass is 310 g/mol. The molecule has 21 heavy (non-hydrogen) atoms. The topological polar surface area (TPSA) is 66.5 Å². The molecule has 1 fully saturated rings. The average molecular weight is 310 g/mol. The average Bonchev–Trinajstić information content (AvgIpc) is 3.00. The van der Waals surface area contributed by atoms with E-state index in [0.29, 0.717) is 30.8 Å². The molecule has 0 unspecified atom stereocenters. The van der Waals surface area contributed by atoms with Gasteiger partial charge in [0.15, 0.2) is 0 Å². The number of carbonyl (C=O) groups is 1. The smallest absolute Gasteiger partial charge is 0.251 e. The number of nitrogens with zero attached hydrogens (tertiary/aromatic N) is 1. The molecule has 0 atom stereocenters. The largest absolute Gasteiger partial charge is 0.352 e. The van der Waals surface area contributed by atoms with Crippen molar-refractivity contribution in [3.8, 4) is 0 Å². The Kier molecular flexibility index (Phi) is 5.36. The zero-order valence-electron chi connectivity index (χ0n) is 12.3. The summed E-state index contributed by atoms with van der Waals surface area (Å²) in [7, 11) is -3.23. The lowest BCUT2D eigenvalue weighted by molar-refractivity contribution is 0.0953. The number of rotatable bonds is 6. The van der Waals surface area contributed by atoms with Gasteiger partial charge in [-0.15, -0.1) is 0 Å². The van der Waals surface area contributed by atoms with Gasteiger partial charge in [-0.2, -0.15) is 0 Å². The van der Waals surface area contributed by atoms with Crippen molar-refractivity contribution in [2.24, 2.45) is 0 Å². The molecule has 0 saturated carbocycles. The van der Waals surface area contributed by atoms with Gasteiger partial charge >= 0.3 is 0 Å². The fourth-order valence-electron chi connectivity index (χ4n) is 2.36. The normalized spacial score (nSPS) is 16.0. The minimum absolute atomic E-state index is 0.00383. The van der Waals surface area contributed by atoms with Crippen molar-refractivity contribution in [2.75, 3.05) is 19.6 Å². The Bertz CT molecular complexity index is 575. The van der Waals surface area contributed by atoms with Crippen LogP contribution < -0.4 is 5.32 Å². The summed E-state index contributed by atoms with van der Waals surface area (Å²) in [4.78, 5) is 11.8. The standard InChI is InChI=1S/C15H22N2O3S/c1-2-9-16-15(18)14-7-5-13(6-8-14)12-21(19,20)17-10-3-4-11-17/h5-8H,2-4,9-12H2,1H3,(H,16,18). The summed E-state index contributed by atoms with van der Waals surface area (Å²) in [5.74, 6) is -0.116. The molecule has 5 nitrogen and oxygen atoms in total. The van der Waals surface area contributed by atoms with Crippen LogP contribution in [0.3, 0.4) is 0 Å². The zero-order valence-corrected chi connectivity index (χ0v) is 13.2. The van der Waals surface area contributed by atoms with Gasteiger partial charge in [-0.25, -0.2) is 12.7 Å². The molecule has 0 bridgehead atoms. The minimum atomic E-state index is -3.23. The van der Waals surface area contributed by atoms with E-state index in [-0.39, 0.29) is 11.7 Å². The predicted octanol–water partition coefficient (Wildman–Crippen LogP) is 1.75. The Morgan fingerprint density at radius 2 is 1.81 bits per heavy atom. The lowest BCUT2D eigenvalue weighted by atomic mass is 10.1. The molecule has 6 heteroatoms. The predicted molar refractivity (Wildman–Crippen MR) is 82.5 cm³/mol. The van der Waals surface area contributed by atoms with Crippen LogP contribution in [0.5, 0.6) is 0 Å². The molecule has 1 N–H and O–H groups in total. The molecular formula is C15H22N2O3S. The second kappa shape index (κ2) is 7.04. The number of nitrogens with one attached hydrogen (secondary N) is 1. The van der Waals surface area contributed by atoms with Crippen LogP contribution in [0.4, 0.5) is 0 Å². The maximum Gasteiger partial charge on any atom is 0.251 e. The summed E-state index contributed by atoms with van der Waals surface area (Å²) in [6.07, 6.45) is 2.77. The van der Waals surface area contributed by atoms with Gasteiger partial charge in [0.25, 0.3) is 5.91 Å². The molecule has 1 aromatic rings. The van der Waals surface area contributed by atoms with Gasteiger partial charge in [-0.05, 0) is 37.0 Å². The molecule has 2 rings (SSSR count). The molecule has 1 saturated heterocycles. The molecule has 0 radical (unpaired) electrons. The second-order valence-electron chi connectivity index (χ2n) is 5.32. The summed E-state index contributed by atoms with van der Waals surface area (Å²) in [5.41, 5.74) is 1.28. The summed E-state index contributed by atoms with van der Waals surface area (Å²) in [5, 5.41) is 2.80. The van der Waals surface area contributed by atoms with E-state index in [1.54, 1.807) is 28.6 Å². The third-order valence-electron chi connectivity index (χ3n) is 3.56. The Morgan fingerprint density at radius 3 is 2.38 bits per heavy atom. The van der Waals surface area contributed by atoms with Crippen LogP contribution >= 0.6 is 0 Å². The molecule has 0 spiro atoms. The quantitative estimate of drug-likeness (QED) is 0.870. The van der Waals surface area contributed by atoms with Gasteiger partial charge in [-0.1, -0.05) is 19.1 Å². The first-order chi connectivity index (χ1) is 10.0. The highest BCUT2D eigenvalue weighted by Gasteiger charge is 2.25. The Morgan fingerprint density at radius 1 is 1.19 bits per heavy atom. The van der Waals surface area contributed by atoms with Crippen molar-refractivity contribution in [2.45, 2.75) is 31.9 Å². The minimum Gasteiger partial charge on any atom is -0.352 e. The van der Waals surface area contributed by atoms with Crippen LogP contribution in [0.25, 0.3) is 0 Å². The van der Waals surface area contributed by atoms with E-state index >= 15 is 0 Å². The van der Waals surface area contributed by atoms with Gasteiger partial charge in [0.2, 0.25) is 10.0 Å². The van der Waals surface area contributed by atoms with Gasteiger partial charge in [-0.3, -0.25) is 4.79 Å². The Labute approximate surface area is 126 Å². The Balaban J connectivity index is 2.00. The second-order valence-corrected chi connectivity index (χ2v) is 7.28. The lowest BCUT2D eigenvalue weighted by Crippen LogP contribution is -2.29. The third kappa shape index (κ3) is 4.28. The summed E-state index contributed by atoms with van der Waals surface area (Å²) in [6.45, 7) is 3.89. The summed E-state index contributed by atoms with van der Waals surface area (Å²) < 4.78 is 26.0.